The molecule has 0 atom stereocenters. The Kier molecular flexibility index (Phi) is 7.56. The van der Waals surface area contributed by atoms with Gasteiger partial charge in [0.15, 0.2) is 0 Å². The van der Waals surface area contributed by atoms with Crippen molar-refractivity contribution in [1.29, 1.82) is 0 Å². The molecule has 2 aromatic rings. The van der Waals surface area contributed by atoms with Crippen LogP contribution < -0.4 is 10.9 Å². The van der Waals surface area contributed by atoms with Crippen molar-refractivity contribution in [1.82, 2.24) is 15.8 Å². The summed E-state index contributed by atoms with van der Waals surface area (Å²) in [6.07, 6.45) is 5.30. The Morgan fingerprint density at radius 1 is 1.07 bits per heavy atom. The fourth-order valence-corrected chi connectivity index (χ4v) is 3.92. The van der Waals surface area contributed by atoms with Gasteiger partial charge in [0.1, 0.15) is 10.9 Å². The number of benzene rings is 2. The summed E-state index contributed by atoms with van der Waals surface area (Å²) in [6.45, 7) is -0.287. The van der Waals surface area contributed by atoms with Gasteiger partial charge in [-0.1, -0.05) is 82.4 Å². The maximum atomic E-state index is 12.5. The minimum Gasteiger partial charge on any atom is -0.283 e. The van der Waals surface area contributed by atoms with Crippen LogP contribution in [0.4, 0.5) is 0 Å². The summed E-state index contributed by atoms with van der Waals surface area (Å²) in [6, 6.07) is 16.3. The maximum absolute atomic E-state index is 12.5. The molecule has 152 valence electrons. The second kappa shape index (κ2) is 10.3. The van der Waals surface area contributed by atoms with Crippen LogP contribution >= 0.6 is 39.9 Å². The lowest BCUT2D eigenvalue weighted by Gasteiger charge is -2.14. The molecule has 2 N–H and O–H groups in total. The molecule has 1 saturated heterocycles. The summed E-state index contributed by atoms with van der Waals surface area (Å²) in [7, 11) is 0. The van der Waals surface area contributed by atoms with Gasteiger partial charge >= 0.3 is 0 Å². The Bertz CT molecular complexity index is 1040. The Balaban J connectivity index is 1.53. The summed E-state index contributed by atoms with van der Waals surface area (Å²) in [5.41, 5.74) is 6.01. The summed E-state index contributed by atoms with van der Waals surface area (Å²) >= 11 is 9.63. The van der Waals surface area contributed by atoms with Crippen molar-refractivity contribution in [2.75, 3.05) is 6.54 Å². The largest absolute Gasteiger partial charge is 0.283 e. The number of hydrogen-bond acceptors (Lipinski definition) is 5. The molecule has 30 heavy (non-hydrogen) atoms. The monoisotopic (exact) mass is 501 g/mol. The van der Waals surface area contributed by atoms with Crippen molar-refractivity contribution in [2.24, 2.45) is 0 Å². The Morgan fingerprint density at radius 3 is 2.47 bits per heavy atom. The number of amides is 3. The van der Waals surface area contributed by atoms with E-state index in [9.17, 15) is 14.4 Å². The average Bonchev–Trinajstić information content (AvgIpc) is 3.01. The van der Waals surface area contributed by atoms with Crippen molar-refractivity contribution >= 4 is 68.0 Å². The summed E-state index contributed by atoms with van der Waals surface area (Å²) < 4.78 is 1.12. The third-order valence-corrected chi connectivity index (χ3v) is 5.86. The summed E-state index contributed by atoms with van der Waals surface area (Å²) in [4.78, 5) is 38.4. The number of thiocarbonyl (C=S) groups is 1. The lowest BCUT2D eigenvalue weighted by Crippen LogP contribution is -2.47. The molecule has 3 rings (SSSR count). The highest BCUT2D eigenvalue weighted by Crippen LogP contribution is 2.30. The van der Waals surface area contributed by atoms with Gasteiger partial charge in [-0.05, 0) is 35.9 Å². The molecule has 1 aliphatic rings. The third kappa shape index (κ3) is 5.88. The molecule has 1 heterocycles. The van der Waals surface area contributed by atoms with E-state index in [1.165, 1.54) is 4.90 Å². The van der Waals surface area contributed by atoms with E-state index in [2.05, 4.69) is 26.8 Å². The normalized spacial score (nSPS) is 15.1. The lowest BCUT2D eigenvalue weighted by molar-refractivity contribution is -0.129. The van der Waals surface area contributed by atoms with Crippen LogP contribution in [-0.2, 0) is 9.59 Å². The first kappa shape index (κ1) is 21.9. The van der Waals surface area contributed by atoms with Crippen molar-refractivity contribution in [3.63, 3.8) is 0 Å². The molecule has 6 nitrogen and oxygen atoms in total. The van der Waals surface area contributed by atoms with Gasteiger partial charge in [-0.2, -0.15) is 0 Å². The van der Waals surface area contributed by atoms with E-state index in [4.69, 9.17) is 12.2 Å². The fraction of sp³-hybridized carbons (Fsp3) is 0.0476. The average molecular weight is 502 g/mol. The molecule has 9 heteroatoms. The van der Waals surface area contributed by atoms with E-state index in [-0.39, 0.29) is 16.8 Å². The van der Waals surface area contributed by atoms with Gasteiger partial charge in [-0.3, -0.25) is 30.1 Å². The zero-order valence-electron chi connectivity index (χ0n) is 15.5. The number of nitrogens with one attached hydrogen (secondary N) is 2. The van der Waals surface area contributed by atoms with Crippen molar-refractivity contribution < 1.29 is 14.4 Å². The molecule has 0 aliphatic carbocycles. The van der Waals surface area contributed by atoms with Crippen LogP contribution in [0.15, 0.2) is 76.1 Å². The number of allylic oxidation sites excluding steroid dienone is 2. The number of hydrazine groups is 1. The molecule has 0 saturated carbocycles. The van der Waals surface area contributed by atoms with Crippen LogP contribution in [0.25, 0.3) is 6.08 Å². The van der Waals surface area contributed by atoms with Gasteiger partial charge in [-0.15, -0.1) is 0 Å². The molecule has 2 aromatic carbocycles. The van der Waals surface area contributed by atoms with Gasteiger partial charge in [0.25, 0.3) is 17.7 Å². The SMILES string of the molecule is O=C(CN1C(=O)C(=CC=Cc2ccccc2)SC1=S)NNC(=O)c1ccc(Br)cc1. The predicted octanol–water partition coefficient (Wildman–Crippen LogP) is 3.67. The third-order valence-electron chi connectivity index (χ3n) is 3.93. The van der Waals surface area contributed by atoms with E-state index in [0.717, 1.165) is 21.8 Å². The number of carbonyl (C=O) groups excluding carboxylic acids is 3. The first-order chi connectivity index (χ1) is 14.4. The second-order valence-electron chi connectivity index (χ2n) is 6.07. The van der Waals surface area contributed by atoms with Crippen molar-refractivity contribution in [3.05, 3.63) is 87.3 Å². The molecule has 0 bridgehead atoms. The number of carbonyl (C=O) groups is 3. The second-order valence-corrected chi connectivity index (χ2v) is 8.66. The quantitative estimate of drug-likeness (QED) is 0.371. The highest BCUT2D eigenvalue weighted by Gasteiger charge is 2.33. The molecule has 1 fully saturated rings. The number of thioether (sulfide) groups is 1. The van der Waals surface area contributed by atoms with E-state index >= 15 is 0 Å². The Hall–Kier alpha value is -2.75. The smallest absolute Gasteiger partial charge is 0.269 e. The number of halogens is 1. The topological polar surface area (TPSA) is 78.5 Å². The molecule has 0 aromatic heterocycles. The van der Waals surface area contributed by atoms with Crippen LogP contribution in [-0.4, -0.2) is 33.5 Å². The zero-order chi connectivity index (χ0) is 21.5. The molecular formula is C21H16BrN3O3S2. The molecule has 3 amide bonds. The summed E-state index contributed by atoms with van der Waals surface area (Å²) in [5, 5.41) is 0. The van der Waals surface area contributed by atoms with Crippen molar-refractivity contribution in [2.45, 2.75) is 0 Å². The van der Waals surface area contributed by atoms with Gasteiger partial charge in [0.2, 0.25) is 0 Å². The van der Waals surface area contributed by atoms with Crippen molar-refractivity contribution in [3.8, 4) is 0 Å². The zero-order valence-corrected chi connectivity index (χ0v) is 18.7. The predicted molar refractivity (Wildman–Crippen MR) is 125 cm³/mol. The van der Waals surface area contributed by atoms with Crippen LogP contribution in [0.5, 0.6) is 0 Å². The van der Waals surface area contributed by atoms with E-state index in [1.807, 2.05) is 36.4 Å². The first-order valence-corrected chi connectivity index (χ1v) is 10.8. The van der Waals surface area contributed by atoms with E-state index in [1.54, 1.807) is 36.4 Å². The van der Waals surface area contributed by atoms with Crippen LogP contribution in [0.1, 0.15) is 15.9 Å². The Labute approximate surface area is 191 Å². The Morgan fingerprint density at radius 2 is 1.77 bits per heavy atom. The van der Waals surface area contributed by atoms with E-state index < -0.39 is 11.8 Å². The van der Waals surface area contributed by atoms with Gasteiger partial charge in [-0.25, -0.2) is 0 Å². The standard InChI is InChI=1S/C21H16BrN3O3S2/c22-16-11-9-15(10-12-16)19(27)24-23-18(26)13-25-20(28)17(30-21(25)29)8-4-7-14-5-2-1-3-6-14/h1-12H,13H2,(H,23,26)(H,24,27). The summed E-state index contributed by atoms with van der Waals surface area (Å²) in [5.74, 6) is -1.37. The molecular weight excluding hydrogens is 486 g/mol. The molecule has 0 radical (unpaired) electrons. The highest BCUT2D eigenvalue weighted by atomic mass is 79.9. The van der Waals surface area contributed by atoms with Crippen LogP contribution in [0.2, 0.25) is 0 Å². The number of nitrogens with zero attached hydrogens (tertiary/aromatic N) is 1. The van der Waals surface area contributed by atoms with E-state index in [0.29, 0.717) is 10.5 Å². The minimum atomic E-state index is -0.558. The van der Waals surface area contributed by atoms with Crippen LogP contribution in [0.3, 0.4) is 0 Å². The maximum Gasteiger partial charge on any atom is 0.269 e. The minimum absolute atomic E-state index is 0.286. The molecule has 1 aliphatic heterocycles. The van der Waals surface area contributed by atoms with Gasteiger partial charge in [0.05, 0.1) is 4.91 Å². The number of rotatable bonds is 5. The fourth-order valence-electron chi connectivity index (χ4n) is 2.44. The molecule has 0 unspecified atom stereocenters. The number of hydrogen-bond donors (Lipinski definition) is 2. The molecule has 0 spiro atoms. The lowest BCUT2D eigenvalue weighted by atomic mass is 10.2. The van der Waals surface area contributed by atoms with Crippen LogP contribution in [0, 0.1) is 0 Å². The highest BCUT2D eigenvalue weighted by molar-refractivity contribution is 9.10. The van der Waals surface area contributed by atoms with Gasteiger partial charge in [0, 0.05) is 10.0 Å². The van der Waals surface area contributed by atoms with Gasteiger partial charge < -0.3 is 0 Å². The first-order valence-electron chi connectivity index (χ1n) is 8.76.